The molecule has 2 aliphatic heterocycles. The fourth-order valence-corrected chi connectivity index (χ4v) is 7.14. The summed E-state index contributed by atoms with van der Waals surface area (Å²) in [5, 5.41) is 1.11. The van der Waals surface area contributed by atoms with Crippen LogP contribution in [-0.2, 0) is 10.0 Å². The first kappa shape index (κ1) is 22.5. The van der Waals surface area contributed by atoms with Crippen molar-refractivity contribution < 1.29 is 8.42 Å². The summed E-state index contributed by atoms with van der Waals surface area (Å²) < 4.78 is 28.6. The Morgan fingerprint density at radius 2 is 1.80 bits per heavy atom. The van der Waals surface area contributed by atoms with Crippen LogP contribution in [0.4, 0.5) is 5.69 Å². The molecule has 0 amide bonds. The number of hydrogen-bond acceptors (Lipinski definition) is 6. The molecule has 182 valence electrons. The van der Waals surface area contributed by atoms with Crippen molar-refractivity contribution in [3.8, 4) is 0 Å². The van der Waals surface area contributed by atoms with Crippen molar-refractivity contribution in [2.24, 2.45) is 0 Å². The van der Waals surface area contributed by atoms with Gasteiger partial charge in [-0.15, -0.1) is 0 Å². The number of nitrogens with zero attached hydrogens (tertiary/aromatic N) is 5. The van der Waals surface area contributed by atoms with E-state index in [9.17, 15) is 8.42 Å². The topological polar surface area (TPSA) is 85.4 Å². The molecule has 2 aromatic heterocycles. The van der Waals surface area contributed by atoms with Crippen LogP contribution in [0.5, 0.6) is 0 Å². The normalized spacial score (nSPS) is 20.2. The van der Waals surface area contributed by atoms with Gasteiger partial charge in [-0.3, -0.25) is 4.90 Å². The first-order chi connectivity index (χ1) is 17.1. The summed E-state index contributed by atoms with van der Waals surface area (Å²) in [6.07, 6.45) is 4.41. The lowest BCUT2D eigenvalue weighted by atomic mass is 10.1. The molecule has 0 spiro atoms. The third-order valence-corrected chi connectivity index (χ3v) is 9.24. The largest absolute Gasteiger partial charge is 0.367 e. The molecule has 6 rings (SSSR count). The molecular formula is C26H30N6O2S. The zero-order chi connectivity index (χ0) is 23.8. The number of para-hydroxylation sites is 2. The SMILES string of the molecule is O=S(=O)(c1ccc2ccccc2n1)N1CCCC1CCN1CCN(c2cccc3[nH]cnc23)CC1. The number of hydrogen-bond donors (Lipinski definition) is 1. The quantitative estimate of drug-likeness (QED) is 0.446. The van der Waals surface area contributed by atoms with E-state index in [0.29, 0.717) is 12.1 Å². The molecule has 8 nitrogen and oxygen atoms in total. The molecule has 1 unspecified atom stereocenters. The van der Waals surface area contributed by atoms with Crippen LogP contribution >= 0.6 is 0 Å². The molecule has 2 aromatic carbocycles. The molecule has 35 heavy (non-hydrogen) atoms. The second kappa shape index (κ2) is 9.22. The van der Waals surface area contributed by atoms with Gasteiger partial charge in [0.2, 0.25) is 0 Å². The van der Waals surface area contributed by atoms with Crippen LogP contribution in [-0.4, -0.2) is 77.9 Å². The van der Waals surface area contributed by atoms with Crippen LogP contribution in [0, 0.1) is 0 Å². The number of H-pyrrole nitrogens is 1. The molecule has 1 atom stereocenters. The molecule has 0 saturated carbocycles. The van der Waals surface area contributed by atoms with Gasteiger partial charge in [-0.2, -0.15) is 4.31 Å². The minimum atomic E-state index is -3.61. The van der Waals surface area contributed by atoms with Gasteiger partial charge in [0.25, 0.3) is 10.0 Å². The van der Waals surface area contributed by atoms with Crippen molar-refractivity contribution in [3.05, 3.63) is 60.9 Å². The molecule has 2 aliphatic rings. The molecule has 1 N–H and O–H groups in total. The monoisotopic (exact) mass is 490 g/mol. The molecule has 4 heterocycles. The van der Waals surface area contributed by atoms with E-state index in [1.165, 1.54) is 5.69 Å². The second-order valence-electron chi connectivity index (χ2n) is 9.45. The lowest BCUT2D eigenvalue weighted by Crippen LogP contribution is -2.47. The van der Waals surface area contributed by atoms with Gasteiger partial charge in [-0.25, -0.2) is 18.4 Å². The van der Waals surface area contributed by atoms with Crippen LogP contribution in [0.25, 0.3) is 21.9 Å². The predicted molar refractivity (Wildman–Crippen MR) is 138 cm³/mol. The maximum atomic E-state index is 13.5. The fourth-order valence-electron chi connectivity index (χ4n) is 5.47. The molecule has 0 aliphatic carbocycles. The Balaban J connectivity index is 1.09. The van der Waals surface area contributed by atoms with Crippen molar-refractivity contribution in [2.45, 2.75) is 30.3 Å². The lowest BCUT2D eigenvalue weighted by molar-refractivity contribution is 0.232. The van der Waals surface area contributed by atoms with Crippen LogP contribution in [0.3, 0.4) is 0 Å². The average molecular weight is 491 g/mol. The Morgan fingerprint density at radius 3 is 2.69 bits per heavy atom. The first-order valence-corrected chi connectivity index (χ1v) is 13.8. The molecule has 4 aromatic rings. The third-order valence-electron chi connectivity index (χ3n) is 7.39. The van der Waals surface area contributed by atoms with Gasteiger partial charge < -0.3 is 9.88 Å². The number of sulfonamides is 1. The minimum Gasteiger partial charge on any atom is -0.367 e. The van der Waals surface area contributed by atoms with Gasteiger partial charge in [0.1, 0.15) is 5.52 Å². The van der Waals surface area contributed by atoms with Crippen molar-refractivity contribution >= 4 is 37.6 Å². The smallest absolute Gasteiger partial charge is 0.260 e. The number of nitrogens with one attached hydrogen (secondary N) is 1. The number of aromatic nitrogens is 3. The summed E-state index contributed by atoms with van der Waals surface area (Å²) in [6.45, 7) is 5.30. The molecule has 0 radical (unpaired) electrons. The Hall–Kier alpha value is -3.01. The van der Waals surface area contributed by atoms with E-state index >= 15 is 0 Å². The highest BCUT2D eigenvalue weighted by Crippen LogP contribution is 2.29. The summed E-state index contributed by atoms with van der Waals surface area (Å²) in [5.74, 6) is 0. The van der Waals surface area contributed by atoms with E-state index in [1.807, 2.05) is 30.3 Å². The van der Waals surface area contributed by atoms with Gasteiger partial charge >= 0.3 is 0 Å². The van der Waals surface area contributed by atoms with Crippen LogP contribution in [0.15, 0.2) is 66.0 Å². The Labute approximate surface area is 205 Å². The van der Waals surface area contributed by atoms with Gasteiger partial charge in [0.05, 0.1) is 23.0 Å². The van der Waals surface area contributed by atoms with E-state index in [1.54, 1.807) is 16.7 Å². The number of anilines is 1. The van der Waals surface area contributed by atoms with Crippen LogP contribution in [0.1, 0.15) is 19.3 Å². The number of benzene rings is 2. The molecule has 2 saturated heterocycles. The molecule has 2 fully saturated rings. The van der Waals surface area contributed by atoms with Gasteiger partial charge in [0.15, 0.2) is 5.03 Å². The summed E-state index contributed by atoms with van der Waals surface area (Å²) in [4.78, 5) is 17.0. The third kappa shape index (κ3) is 4.28. The standard InChI is InChI=1S/C26H30N6O2S/c33-35(34,25-11-10-20-5-1-2-7-22(20)29-25)32-13-4-6-21(32)12-14-30-15-17-31(18-16-30)24-9-3-8-23-26(24)28-19-27-23/h1-3,5,7-11,19,21H,4,6,12-18H2,(H,27,28). The van der Waals surface area contributed by atoms with Gasteiger partial charge in [-0.1, -0.05) is 24.3 Å². The summed E-state index contributed by atoms with van der Waals surface area (Å²) in [5.41, 5.74) is 3.98. The van der Waals surface area contributed by atoms with Crippen molar-refractivity contribution in [3.63, 3.8) is 0 Å². The predicted octanol–water partition coefficient (Wildman–Crippen LogP) is 3.48. The number of piperazine rings is 1. The fraction of sp³-hybridized carbons (Fsp3) is 0.385. The van der Waals surface area contributed by atoms with E-state index in [4.69, 9.17) is 0 Å². The summed E-state index contributed by atoms with van der Waals surface area (Å²) in [7, 11) is -3.61. The number of fused-ring (bicyclic) bond motifs is 2. The van der Waals surface area contributed by atoms with Crippen molar-refractivity contribution in [1.29, 1.82) is 0 Å². The number of imidazole rings is 1. The van der Waals surface area contributed by atoms with Gasteiger partial charge in [-0.05, 0) is 56.1 Å². The molecular weight excluding hydrogens is 460 g/mol. The second-order valence-corrected chi connectivity index (χ2v) is 11.3. The Kier molecular flexibility index (Phi) is 5.91. The van der Waals surface area contributed by atoms with Crippen molar-refractivity contribution in [2.75, 3.05) is 44.2 Å². The number of rotatable bonds is 6. The van der Waals surface area contributed by atoms with E-state index < -0.39 is 10.0 Å². The maximum absolute atomic E-state index is 13.5. The van der Waals surface area contributed by atoms with E-state index in [-0.39, 0.29) is 11.1 Å². The number of pyridine rings is 1. The molecule has 0 bridgehead atoms. The lowest BCUT2D eigenvalue weighted by Gasteiger charge is -2.37. The summed E-state index contributed by atoms with van der Waals surface area (Å²) in [6, 6.07) is 17.4. The minimum absolute atomic E-state index is 0.0316. The Bertz CT molecular complexity index is 1440. The van der Waals surface area contributed by atoms with Crippen molar-refractivity contribution in [1.82, 2.24) is 24.2 Å². The first-order valence-electron chi connectivity index (χ1n) is 12.4. The molecule has 9 heteroatoms. The van der Waals surface area contributed by atoms with Gasteiger partial charge in [0, 0.05) is 44.2 Å². The Morgan fingerprint density at radius 1 is 0.943 bits per heavy atom. The summed E-state index contributed by atoms with van der Waals surface area (Å²) >= 11 is 0. The van der Waals surface area contributed by atoms with E-state index in [2.05, 4.69) is 43.0 Å². The zero-order valence-electron chi connectivity index (χ0n) is 19.7. The highest BCUT2D eigenvalue weighted by molar-refractivity contribution is 7.89. The van der Waals surface area contributed by atoms with Crippen LogP contribution in [0.2, 0.25) is 0 Å². The van der Waals surface area contributed by atoms with Crippen LogP contribution < -0.4 is 4.90 Å². The average Bonchev–Trinajstić information content (AvgIpc) is 3.57. The zero-order valence-corrected chi connectivity index (χ0v) is 20.5. The van der Waals surface area contributed by atoms with E-state index in [0.717, 1.165) is 68.4 Å². The highest BCUT2D eigenvalue weighted by atomic mass is 32.2. The highest BCUT2D eigenvalue weighted by Gasteiger charge is 2.36. The number of aromatic amines is 1. The maximum Gasteiger partial charge on any atom is 0.260 e.